The molecule has 0 aliphatic carbocycles. The van der Waals surface area contributed by atoms with Crippen molar-refractivity contribution in [1.82, 2.24) is 4.72 Å². The van der Waals surface area contributed by atoms with Gasteiger partial charge in [-0.05, 0) is 24.6 Å². The van der Waals surface area contributed by atoms with Crippen LogP contribution < -0.4 is 10.5 Å². The predicted molar refractivity (Wildman–Crippen MR) is 70.2 cm³/mol. The van der Waals surface area contributed by atoms with Gasteiger partial charge < -0.3 is 20.7 Å². The smallest absolute Gasteiger partial charge is 0.240 e. The van der Waals surface area contributed by atoms with E-state index in [-0.39, 0.29) is 36.0 Å². The van der Waals surface area contributed by atoms with Gasteiger partial charge in [-0.3, -0.25) is 0 Å². The van der Waals surface area contributed by atoms with E-state index in [1.165, 1.54) is 25.3 Å². The van der Waals surface area contributed by atoms with Crippen molar-refractivity contribution < 1.29 is 23.4 Å². The molecule has 1 rings (SSSR count). The molecular formula is C11H18N2O5S. The second kappa shape index (κ2) is 6.71. The molecule has 5 N–H and O–H groups in total. The summed E-state index contributed by atoms with van der Waals surface area (Å²) in [6, 6.07) is 3.09. The number of rotatable bonds is 7. The molecule has 0 aliphatic heterocycles. The number of nitrogen functional groups attached to an aromatic ring is 1. The van der Waals surface area contributed by atoms with Gasteiger partial charge in [0.25, 0.3) is 0 Å². The number of nitrogens with two attached hydrogens (primary N) is 1. The zero-order valence-corrected chi connectivity index (χ0v) is 11.4. The zero-order valence-electron chi connectivity index (χ0n) is 10.5. The van der Waals surface area contributed by atoms with Crippen LogP contribution in [0.4, 0.5) is 5.69 Å². The zero-order chi connectivity index (χ0) is 14.5. The molecule has 0 fully saturated rings. The van der Waals surface area contributed by atoms with E-state index in [0.29, 0.717) is 0 Å². The average molecular weight is 290 g/mol. The minimum atomic E-state index is -3.78. The first kappa shape index (κ1) is 15.7. The van der Waals surface area contributed by atoms with Crippen LogP contribution >= 0.6 is 0 Å². The number of hydrogen-bond donors (Lipinski definition) is 4. The number of hydrogen-bond acceptors (Lipinski definition) is 6. The molecule has 0 saturated heterocycles. The minimum Gasteiger partial charge on any atom is -0.506 e. The van der Waals surface area contributed by atoms with Gasteiger partial charge in [0.1, 0.15) is 5.75 Å². The maximum Gasteiger partial charge on any atom is 0.240 e. The number of benzene rings is 1. The Bertz CT molecular complexity index is 512. The number of phenols is 1. The summed E-state index contributed by atoms with van der Waals surface area (Å²) >= 11 is 0. The molecule has 1 aromatic carbocycles. The van der Waals surface area contributed by atoms with Crippen molar-refractivity contribution in [3.05, 3.63) is 18.2 Å². The fraction of sp³-hybridized carbons (Fsp3) is 0.455. The number of sulfonamides is 1. The second-order valence-electron chi connectivity index (χ2n) is 4.01. The maximum atomic E-state index is 12.1. The Labute approximate surface area is 112 Å². The monoisotopic (exact) mass is 290 g/mol. The molecule has 0 spiro atoms. The fourth-order valence-corrected chi connectivity index (χ4v) is 2.81. The summed E-state index contributed by atoms with van der Waals surface area (Å²) in [5, 5.41) is 18.1. The number of anilines is 1. The van der Waals surface area contributed by atoms with E-state index >= 15 is 0 Å². The summed E-state index contributed by atoms with van der Waals surface area (Å²) in [6.45, 7) is -0.0123. The van der Waals surface area contributed by atoms with Gasteiger partial charge in [0.05, 0.1) is 17.2 Å². The van der Waals surface area contributed by atoms with Gasteiger partial charge in [-0.1, -0.05) is 0 Å². The van der Waals surface area contributed by atoms with Crippen LogP contribution in [0.1, 0.15) is 6.42 Å². The molecule has 1 atom stereocenters. The number of aromatic hydroxyl groups is 1. The molecule has 0 heterocycles. The van der Waals surface area contributed by atoms with Crippen LogP contribution in [0.25, 0.3) is 0 Å². The molecule has 0 aliphatic rings. The highest BCUT2D eigenvalue weighted by atomic mass is 32.2. The normalized spacial score (nSPS) is 13.4. The van der Waals surface area contributed by atoms with E-state index in [1.807, 2.05) is 0 Å². The minimum absolute atomic E-state index is 0.0201. The van der Waals surface area contributed by atoms with Crippen LogP contribution in [0.15, 0.2) is 23.1 Å². The van der Waals surface area contributed by atoms with Crippen LogP contribution in [-0.4, -0.2) is 45.0 Å². The van der Waals surface area contributed by atoms with E-state index < -0.39 is 16.1 Å². The molecule has 0 radical (unpaired) electrons. The molecule has 0 bridgehead atoms. The molecule has 8 heteroatoms. The first-order valence-corrected chi connectivity index (χ1v) is 7.09. The number of aliphatic hydroxyl groups excluding tert-OH is 1. The lowest BCUT2D eigenvalue weighted by Gasteiger charge is -2.17. The summed E-state index contributed by atoms with van der Waals surface area (Å²) < 4.78 is 31.4. The molecule has 7 nitrogen and oxygen atoms in total. The van der Waals surface area contributed by atoms with E-state index in [9.17, 15) is 13.5 Å². The van der Waals surface area contributed by atoms with Gasteiger partial charge >= 0.3 is 0 Å². The van der Waals surface area contributed by atoms with Crippen molar-refractivity contribution in [3.8, 4) is 5.75 Å². The van der Waals surface area contributed by atoms with Crippen molar-refractivity contribution >= 4 is 15.7 Å². The van der Waals surface area contributed by atoms with Crippen LogP contribution in [0.3, 0.4) is 0 Å². The Morgan fingerprint density at radius 3 is 2.68 bits per heavy atom. The lowest BCUT2D eigenvalue weighted by atomic mass is 10.2. The van der Waals surface area contributed by atoms with Crippen LogP contribution in [0.5, 0.6) is 5.75 Å². The summed E-state index contributed by atoms with van der Waals surface area (Å²) in [4.78, 5) is -0.0538. The number of phenolic OH excluding ortho intramolecular Hbond substituents is 1. The lowest BCUT2D eigenvalue weighted by molar-refractivity contribution is 0.158. The highest BCUT2D eigenvalue weighted by Crippen LogP contribution is 2.23. The van der Waals surface area contributed by atoms with Crippen LogP contribution in [0.2, 0.25) is 0 Å². The Morgan fingerprint density at radius 2 is 2.16 bits per heavy atom. The van der Waals surface area contributed by atoms with Gasteiger partial charge in [-0.25, -0.2) is 13.1 Å². The SMILES string of the molecule is COCC(CCO)NS(=O)(=O)c1ccc(O)c(N)c1. The first-order valence-electron chi connectivity index (χ1n) is 5.61. The van der Waals surface area contributed by atoms with Crippen molar-refractivity contribution in [3.63, 3.8) is 0 Å². The molecular weight excluding hydrogens is 272 g/mol. The van der Waals surface area contributed by atoms with E-state index in [4.69, 9.17) is 15.6 Å². The third-order valence-electron chi connectivity index (χ3n) is 2.48. The third-order valence-corrected chi connectivity index (χ3v) is 3.99. The Kier molecular flexibility index (Phi) is 5.55. The van der Waals surface area contributed by atoms with Gasteiger partial charge in [0.15, 0.2) is 0 Å². The molecule has 0 saturated carbocycles. The molecule has 0 amide bonds. The van der Waals surface area contributed by atoms with Gasteiger partial charge in [-0.2, -0.15) is 0 Å². The number of aliphatic hydroxyl groups is 1. The van der Waals surface area contributed by atoms with Gasteiger partial charge in [0, 0.05) is 19.8 Å². The third kappa shape index (κ3) is 4.35. The summed E-state index contributed by atoms with van der Waals surface area (Å²) in [5.74, 6) is -0.178. The highest BCUT2D eigenvalue weighted by Gasteiger charge is 2.20. The topological polar surface area (TPSA) is 122 Å². The summed E-state index contributed by atoms with van der Waals surface area (Å²) in [6.07, 6.45) is 0.237. The Morgan fingerprint density at radius 1 is 1.47 bits per heavy atom. The number of nitrogens with one attached hydrogen (secondary N) is 1. The fourth-order valence-electron chi connectivity index (χ4n) is 1.52. The molecule has 19 heavy (non-hydrogen) atoms. The van der Waals surface area contributed by atoms with Crippen molar-refractivity contribution in [2.45, 2.75) is 17.4 Å². The molecule has 1 aromatic rings. The standard InChI is InChI=1S/C11H18N2O5S/c1-18-7-8(4-5-14)13-19(16,17)9-2-3-11(15)10(12)6-9/h2-3,6,8,13-15H,4-5,7,12H2,1H3. The summed E-state index contributed by atoms with van der Waals surface area (Å²) in [5.41, 5.74) is 5.44. The van der Waals surface area contributed by atoms with Gasteiger partial charge in [0.2, 0.25) is 10.0 Å². The van der Waals surface area contributed by atoms with E-state index in [1.54, 1.807) is 0 Å². The van der Waals surface area contributed by atoms with Crippen LogP contribution in [0, 0.1) is 0 Å². The van der Waals surface area contributed by atoms with Crippen molar-refractivity contribution in [2.75, 3.05) is 26.1 Å². The number of methoxy groups -OCH3 is 1. The van der Waals surface area contributed by atoms with Crippen molar-refractivity contribution in [2.24, 2.45) is 0 Å². The Hall–Kier alpha value is -1.35. The average Bonchev–Trinajstić information content (AvgIpc) is 2.32. The van der Waals surface area contributed by atoms with Crippen molar-refractivity contribution in [1.29, 1.82) is 0 Å². The van der Waals surface area contributed by atoms with Crippen LogP contribution in [-0.2, 0) is 14.8 Å². The molecule has 1 unspecified atom stereocenters. The van der Waals surface area contributed by atoms with E-state index in [2.05, 4.69) is 4.72 Å². The number of ether oxygens (including phenoxy) is 1. The van der Waals surface area contributed by atoms with Gasteiger partial charge in [-0.15, -0.1) is 0 Å². The highest BCUT2D eigenvalue weighted by molar-refractivity contribution is 7.89. The maximum absolute atomic E-state index is 12.1. The van der Waals surface area contributed by atoms with E-state index in [0.717, 1.165) is 0 Å². The quantitative estimate of drug-likeness (QED) is 0.402. The largest absolute Gasteiger partial charge is 0.506 e. The Balaban J connectivity index is 2.92. The summed E-state index contributed by atoms with van der Waals surface area (Å²) in [7, 11) is -2.33. The lowest BCUT2D eigenvalue weighted by Crippen LogP contribution is -2.38. The predicted octanol–water partition coefficient (Wildman–Crippen LogP) is -0.350. The first-order chi connectivity index (χ1) is 8.90. The second-order valence-corrected chi connectivity index (χ2v) is 5.72. The molecule has 108 valence electrons. The molecule has 0 aromatic heterocycles.